The minimum absolute atomic E-state index is 0.0215. The first kappa shape index (κ1) is 43.9. The van der Waals surface area contributed by atoms with Crippen LogP contribution >= 0.6 is 0 Å². The molecule has 8 fully saturated rings. The van der Waals surface area contributed by atoms with Crippen molar-refractivity contribution in [2.24, 2.45) is 29.6 Å². The Bertz CT molecular complexity index is 1410. The van der Waals surface area contributed by atoms with Crippen molar-refractivity contribution in [2.45, 2.75) is 216 Å². The second-order valence-electron chi connectivity index (χ2n) is 19.4. The summed E-state index contributed by atoms with van der Waals surface area (Å²) in [5, 5.41) is 0. The summed E-state index contributed by atoms with van der Waals surface area (Å²) in [4.78, 5) is 11.9. The van der Waals surface area contributed by atoms with Crippen molar-refractivity contribution in [3.63, 3.8) is 0 Å². The smallest absolute Gasteiger partial charge is 0.191 e. The molecule has 8 heterocycles. The summed E-state index contributed by atoms with van der Waals surface area (Å²) in [6, 6.07) is 3.50. The zero-order valence-corrected chi connectivity index (χ0v) is 37.4. The Morgan fingerprint density at radius 3 is 2.26 bits per heavy atom. The van der Waals surface area contributed by atoms with Crippen molar-refractivity contribution < 1.29 is 42.4 Å². The summed E-state index contributed by atoms with van der Waals surface area (Å²) in [5.41, 5.74) is 2.33. The predicted molar refractivity (Wildman–Crippen MR) is 224 cm³/mol. The van der Waals surface area contributed by atoms with Crippen LogP contribution in [0, 0.1) is 29.6 Å². The topological polar surface area (TPSA) is 90.9 Å². The number of rotatable bonds is 20. The van der Waals surface area contributed by atoms with Gasteiger partial charge in [-0.1, -0.05) is 67.7 Å². The lowest BCUT2D eigenvalue weighted by molar-refractivity contribution is -0.262. The molecule has 0 aliphatic carbocycles. The van der Waals surface area contributed by atoms with E-state index in [4.69, 9.17) is 37.6 Å². The molecule has 0 N–H and O–H groups in total. The van der Waals surface area contributed by atoms with Gasteiger partial charge in [0.2, 0.25) is 0 Å². The monoisotopic (exact) mass is 813 g/mol. The van der Waals surface area contributed by atoms with Gasteiger partial charge in [-0.05, 0) is 97.9 Å². The van der Waals surface area contributed by atoms with Crippen molar-refractivity contribution in [2.75, 3.05) is 6.61 Å². The van der Waals surface area contributed by atoms with Gasteiger partial charge in [-0.2, -0.15) is 0 Å². The number of carbonyl (C=O) groups is 1. The summed E-state index contributed by atoms with van der Waals surface area (Å²) in [6.07, 6.45) is 12.1. The molecule has 0 aromatic heterocycles. The molecule has 0 spiro atoms. The Morgan fingerprint density at radius 1 is 0.825 bits per heavy atom. The van der Waals surface area contributed by atoms with E-state index >= 15 is 0 Å². The highest BCUT2D eigenvalue weighted by Gasteiger charge is 2.67. The van der Waals surface area contributed by atoms with Gasteiger partial charge in [-0.25, -0.2) is 0 Å². The molecule has 6 bridgehead atoms. The highest BCUT2D eigenvalue weighted by molar-refractivity contribution is 6.73. The molecule has 9 nitrogen and oxygen atoms in total. The van der Waals surface area contributed by atoms with Crippen LogP contribution in [0.25, 0.3) is 0 Å². The van der Waals surface area contributed by atoms with Crippen LogP contribution in [0.4, 0.5) is 0 Å². The normalized spacial score (nSPS) is 44.5. The van der Waals surface area contributed by atoms with Gasteiger partial charge in [-0.3, -0.25) is 0 Å². The maximum absolute atomic E-state index is 11.9. The Morgan fingerprint density at radius 2 is 1.54 bits per heavy atom. The molecule has 0 aromatic carbocycles. The summed E-state index contributed by atoms with van der Waals surface area (Å²) in [5.74, 6) is 0.800. The SMILES string of the molecule is C=CC[C@@H]1O[C@@H]2[C@H]3O[C@@H]4C[C@@](CC[C@H]5CC(=C)C(CC[C@H]6C[C@@H](C)C(=C)[C@@H](CC7O[C@H](C[C@H](C)CO[Si](CC)(CC)CC)[C@H](C)[C@H]7CC=O)O6)O5)(O[C@H]24)O[C@H]3[C@H]1C. The van der Waals surface area contributed by atoms with Crippen LogP contribution in [0.2, 0.25) is 18.1 Å². The van der Waals surface area contributed by atoms with E-state index in [2.05, 4.69) is 68.2 Å². The fourth-order valence-corrected chi connectivity index (χ4v) is 14.5. The molecule has 0 amide bonds. The van der Waals surface area contributed by atoms with E-state index in [1.165, 1.54) is 23.7 Å². The average molecular weight is 813 g/mol. The van der Waals surface area contributed by atoms with Crippen LogP contribution in [0.5, 0.6) is 0 Å². The predicted octanol–water partition coefficient (Wildman–Crippen LogP) is 9.29. The summed E-state index contributed by atoms with van der Waals surface area (Å²) in [7, 11) is -1.64. The van der Waals surface area contributed by atoms with Gasteiger partial charge in [0.25, 0.3) is 0 Å². The average Bonchev–Trinajstić information content (AvgIpc) is 3.86. The summed E-state index contributed by atoms with van der Waals surface area (Å²) >= 11 is 0. The van der Waals surface area contributed by atoms with E-state index in [0.29, 0.717) is 24.2 Å². The largest absolute Gasteiger partial charge is 0.417 e. The van der Waals surface area contributed by atoms with Gasteiger partial charge in [0, 0.05) is 38.2 Å². The molecule has 0 saturated carbocycles. The van der Waals surface area contributed by atoms with E-state index in [1.54, 1.807) is 0 Å². The second-order valence-corrected chi connectivity index (χ2v) is 24.2. The minimum atomic E-state index is -1.64. The van der Waals surface area contributed by atoms with E-state index in [1.807, 2.05) is 6.08 Å². The first-order valence-electron chi connectivity index (χ1n) is 23.0. The molecule has 8 rings (SSSR count). The fourth-order valence-electron chi connectivity index (χ4n) is 11.8. The van der Waals surface area contributed by atoms with Gasteiger partial charge < -0.3 is 42.4 Å². The van der Waals surface area contributed by atoms with E-state index in [0.717, 1.165) is 82.7 Å². The Balaban J connectivity index is 0.896. The first-order valence-corrected chi connectivity index (χ1v) is 25.6. The van der Waals surface area contributed by atoms with Crippen LogP contribution in [0.15, 0.2) is 37.0 Å². The second kappa shape index (κ2) is 18.4. The quantitative estimate of drug-likeness (QED) is 0.0678. The zero-order chi connectivity index (χ0) is 40.6. The number of carbonyl (C=O) groups excluding carboxylic acids is 1. The van der Waals surface area contributed by atoms with Gasteiger partial charge in [0.15, 0.2) is 14.1 Å². The summed E-state index contributed by atoms with van der Waals surface area (Å²) in [6.45, 7) is 29.7. The maximum Gasteiger partial charge on any atom is 0.191 e. The highest BCUT2D eigenvalue weighted by atomic mass is 28.4. The molecule has 0 radical (unpaired) electrons. The molecule has 57 heavy (non-hydrogen) atoms. The molecule has 18 atom stereocenters. The third-order valence-corrected chi connectivity index (χ3v) is 20.4. The molecule has 2 unspecified atom stereocenters. The van der Waals surface area contributed by atoms with E-state index < -0.39 is 14.1 Å². The van der Waals surface area contributed by atoms with Crippen LogP contribution in [-0.2, 0) is 42.4 Å². The molecular formula is C47H76O9Si. The molecule has 8 aliphatic heterocycles. The van der Waals surface area contributed by atoms with Crippen LogP contribution in [-0.4, -0.2) is 100 Å². The van der Waals surface area contributed by atoms with Crippen LogP contribution in [0.3, 0.4) is 0 Å². The standard InChI is InChI=1S/C47H76O9Si/c1-11-15-38-33(10)43-45-46(53-38)44-42(54-45)26-47(55-43,56-44)20-18-35-24-30(7)37(50-35)17-16-34-23-29(6)31(8)40(51-34)25-41-36(19-21-48)32(9)39(52-41)22-28(5)27-49-57(12-2,13-3)14-4/h11,21,28-29,32-46H,1,7-8,12-20,22-27H2,2-6,9-10H3/t28-,29+,32+,33-,34-,35-,36+,37?,38-,39+,40+,41?,42+,43-,44-,45-,46-,47+/m0/s1. The molecule has 322 valence electrons. The number of hydrogen-bond donors (Lipinski definition) is 0. The number of ether oxygens (including phenoxy) is 7. The van der Waals surface area contributed by atoms with Crippen LogP contribution in [0.1, 0.15) is 119 Å². The van der Waals surface area contributed by atoms with Crippen molar-refractivity contribution in [3.05, 3.63) is 37.0 Å². The van der Waals surface area contributed by atoms with E-state index in [-0.39, 0.29) is 85.1 Å². The van der Waals surface area contributed by atoms with Gasteiger partial charge in [0.05, 0.1) is 54.9 Å². The van der Waals surface area contributed by atoms with Gasteiger partial charge in [-0.15, -0.1) is 6.58 Å². The molecule has 8 aliphatic rings. The molecule has 8 saturated heterocycles. The third kappa shape index (κ3) is 9.06. The third-order valence-electron chi connectivity index (χ3n) is 15.8. The van der Waals surface area contributed by atoms with Crippen molar-refractivity contribution in [3.8, 4) is 0 Å². The zero-order valence-electron chi connectivity index (χ0n) is 36.4. The molecule has 0 aromatic rings. The number of aldehydes is 1. The van der Waals surface area contributed by atoms with Crippen molar-refractivity contribution in [1.82, 2.24) is 0 Å². The highest BCUT2D eigenvalue weighted by Crippen LogP contribution is 2.54. The minimum Gasteiger partial charge on any atom is -0.417 e. The lowest BCUT2D eigenvalue weighted by Gasteiger charge is -2.42. The lowest BCUT2D eigenvalue weighted by atomic mass is 9.80. The van der Waals surface area contributed by atoms with Gasteiger partial charge in [0.1, 0.15) is 24.6 Å². The molecular weight excluding hydrogens is 737 g/mol. The Hall–Kier alpha value is -1.21. The Kier molecular flexibility index (Phi) is 14.2. The maximum atomic E-state index is 11.9. The number of hydrogen-bond acceptors (Lipinski definition) is 9. The molecule has 10 heteroatoms. The van der Waals surface area contributed by atoms with Crippen molar-refractivity contribution >= 4 is 14.6 Å². The first-order chi connectivity index (χ1) is 27.4. The van der Waals surface area contributed by atoms with Crippen LogP contribution < -0.4 is 0 Å². The summed E-state index contributed by atoms with van der Waals surface area (Å²) < 4.78 is 53.8. The van der Waals surface area contributed by atoms with Crippen molar-refractivity contribution in [1.29, 1.82) is 0 Å². The Labute approximate surface area is 345 Å². The lowest BCUT2D eigenvalue weighted by Crippen LogP contribution is -2.54. The van der Waals surface area contributed by atoms with E-state index in [9.17, 15) is 4.79 Å². The fraction of sp³-hybridized carbons (Fsp3) is 0.851. The van der Waals surface area contributed by atoms with Gasteiger partial charge >= 0.3 is 0 Å².